The molecule has 112 valence electrons. The summed E-state index contributed by atoms with van der Waals surface area (Å²) in [7, 11) is 0. The van der Waals surface area contributed by atoms with Gasteiger partial charge in [0.2, 0.25) is 0 Å². The molecule has 0 aromatic heterocycles. The van der Waals surface area contributed by atoms with E-state index in [9.17, 15) is 5.11 Å². The van der Waals surface area contributed by atoms with E-state index >= 15 is 0 Å². The lowest BCUT2D eigenvalue weighted by Gasteiger charge is -2.31. The predicted octanol–water partition coefficient (Wildman–Crippen LogP) is 4.44. The first-order chi connectivity index (χ1) is 9.61. The van der Waals surface area contributed by atoms with Gasteiger partial charge in [-0.1, -0.05) is 42.1 Å². The van der Waals surface area contributed by atoms with E-state index in [0.29, 0.717) is 28.5 Å². The third-order valence-electron chi connectivity index (χ3n) is 4.43. The van der Waals surface area contributed by atoms with Crippen molar-refractivity contribution in [2.75, 3.05) is 13.2 Å². The summed E-state index contributed by atoms with van der Waals surface area (Å²) in [6.07, 6.45) is 4.91. The van der Waals surface area contributed by atoms with Crippen LogP contribution in [-0.4, -0.2) is 18.3 Å². The second-order valence-electron chi connectivity index (χ2n) is 5.79. The van der Waals surface area contributed by atoms with Gasteiger partial charge < -0.3 is 10.4 Å². The minimum atomic E-state index is 0.242. The Balaban J connectivity index is 1.90. The Morgan fingerprint density at radius 2 is 1.90 bits per heavy atom. The molecule has 1 aromatic rings. The Morgan fingerprint density at radius 3 is 2.55 bits per heavy atom. The second-order valence-corrected chi connectivity index (χ2v) is 6.61. The van der Waals surface area contributed by atoms with Gasteiger partial charge in [-0.05, 0) is 55.8 Å². The van der Waals surface area contributed by atoms with Crippen molar-refractivity contribution in [2.24, 2.45) is 11.8 Å². The molecule has 20 heavy (non-hydrogen) atoms. The molecule has 1 aliphatic carbocycles. The largest absolute Gasteiger partial charge is 0.396 e. The van der Waals surface area contributed by atoms with Gasteiger partial charge in [0.25, 0.3) is 0 Å². The lowest BCUT2D eigenvalue weighted by Crippen LogP contribution is -2.33. The van der Waals surface area contributed by atoms with Crippen LogP contribution in [0, 0.1) is 11.8 Å². The summed E-state index contributed by atoms with van der Waals surface area (Å²) < 4.78 is 0. The van der Waals surface area contributed by atoms with E-state index in [1.165, 1.54) is 19.3 Å². The first-order valence-corrected chi connectivity index (χ1v) is 8.16. The van der Waals surface area contributed by atoms with E-state index in [-0.39, 0.29) is 6.04 Å². The molecule has 1 saturated carbocycles. The maximum atomic E-state index is 9.45. The Morgan fingerprint density at radius 1 is 1.20 bits per heavy atom. The molecule has 0 heterocycles. The van der Waals surface area contributed by atoms with Gasteiger partial charge in [0.1, 0.15) is 0 Å². The highest BCUT2D eigenvalue weighted by Crippen LogP contribution is 2.30. The first-order valence-electron chi connectivity index (χ1n) is 7.41. The van der Waals surface area contributed by atoms with Crippen molar-refractivity contribution >= 4 is 23.2 Å². The highest BCUT2D eigenvalue weighted by atomic mass is 35.5. The summed E-state index contributed by atoms with van der Waals surface area (Å²) in [6.45, 7) is 3.40. The summed E-state index contributed by atoms with van der Waals surface area (Å²) in [6, 6.07) is 6.02. The number of aliphatic hydroxyl groups is 1. The van der Waals surface area contributed by atoms with Crippen molar-refractivity contribution in [3.8, 4) is 0 Å². The summed E-state index contributed by atoms with van der Waals surface area (Å²) in [5.74, 6) is 1.04. The number of rotatable bonds is 5. The highest BCUT2D eigenvalue weighted by molar-refractivity contribution is 6.42. The molecule has 2 rings (SSSR count). The van der Waals surface area contributed by atoms with Gasteiger partial charge >= 0.3 is 0 Å². The van der Waals surface area contributed by atoms with Crippen molar-refractivity contribution < 1.29 is 5.11 Å². The molecule has 0 amide bonds. The Labute approximate surface area is 131 Å². The van der Waals surface area contributed by atoms with Gasteiger partial charge in [-0.2, -0.15) is 0 Å². The molecule has 0 saturated heterocycles. The number of halogens is 2. The lowest BCUT2D eigenvalue weighted by molar-refractivity contribution is 0.131. The van der Waals surface area contributed by atoms with E-state index in [2.05, 4.69) is 12.2 Å². The first kappa shape index (κ1) is 16.1. The van der Waals surface area contributed by atoms with Crippen LogP contribution in [0.2, 0.25) is 10.0 Å². The fraction of sp³-hybridized carbons (Fsp3) is 0.625. The molecule has 0 bridgehead atoms. The number of hydrogen-bond acceptors (Lipinski definition) is 2. The van der Waals surface area contributed by atoms with Crippen molar-refractivity contribution in [3.05, 3.63) is 33.8 Å². The normalized spacial score (nSPS) is 24.6. The molecule has 2 N–H and O–H groups in total. The smallest absolute Gasteiger partial charge is 0.0595 e. The summed E-state index contributed by atoms with van der Waals surface area (Å²) >= 11 is 12.0. The molecule has 1 fully saturated rings. The van der Waals surface area contributed by atoms with Crippen LogP contribution in [0.15, 0.2) is 18.2 Å². The van der Waals surface area contributed by atoms with Crippen LogP contribution in [0.4, 0.5) is 0 Å². The lowest BCUT2D eigenvalue weighted by atomic mass is 9.79. The average molecular weight is 316 g/mol. The molecular formula is C16H23Cl2NO. The highest BCUT2D eigenvalue weighted by Gasteiger charge is 2.24. The van der Waals surface area contributed by atoms with E-state index in [1.54, 1.807) is 0 Å². The van der Waals surface area contributed by atoms with Gasteiger partial charge in [0.15, 0.2) is 0 Å². The molecule has 3 unspecified atom stereocenters. The van der Waals surface area contributed by atoms with E-state index in [0.717, 1.165) is 18.5 Å². The van der Waals surface area contributed by atoms with E-state index < -0.39 is 0 Å². The zero-order valence-electron chi connectivity index (χ0n) is 11.9. The van der Waals surface area contributed by atoms with Crippen LogP contribution >= 0.6 is 23.2 Å². The van der Waals surface area contributed by atoms with Crippen molar-refractivity contribution in [2.45, 2.75) is 38.6 Å². The molecule has 0 spiro atoms. The van der Waals surface area contributed by atoms with Gasteiger partial charge in [0.05, 0.1) is 10.0 Å². The van der Waals surface area contributed by atoms with Crippen LogP contribution in [0.1, 0.15) is 44.2 Å². The Kier molecular flexibility index (Phi) is 6.16. The molecule has 2 nitrogen and oxygen atoms in total. The molecule has 4 heteroatoms. The molecule has 3 atom stereocenters. The van der Waals surface area contributed by atoms with Crippen molar-refractivity contribution in [1.82, 2.24) is 5.32 Å². The van der Waals surface area contributed by atoms with Gasteiger partial charge in [0, 0.05) is 12.6 Å². The average Bonchev–Trinajstić information content (AvgIpc) is 2.47. The zero-order chi connectivity index (χ0) is 14.5. The maximum Gasteiger partial charge on any atom is 0.0595 e. The second kappa shape index (κ2) is 7.65. The van der Waals surface area contributed by atoms with E-state index in [1.807, 2.05) is 18.2 Å². The van der Waals surface area contributed by atoms with Crippen LogP contribution in [0.5, 0.6) is 0 Å². The van der Waals surface area contributed by atoms with Gasteiger partial charge in [-0.25, -0.2) is 0 Å². The minimum Gasteiger partial charge on any atom is -0.396 e. The fourth-order valence-electron chi connectivity index (χ4n) is 3.02. The minimum absolute atomic E-state index is 0.242. The predicted molar refractivity (Wildman–Crippen MR) is 85.4 cm³/mol. The zero-order valence-corrected chi connectivity index (χ0v) is 13.4. The molecule has 1 aliphatic rings. The SMILES string of the molecule is CC(NCC1CCCCC1CO)c1ccc(Cl)c(Cl)c1. The van der Waals surface area contributed by atoms with Crippen LogP contribution in [-0.2, 0) is 0 Å². The van der Waals surface area contributed by atoms with Gasteiger partial charge in [-0.3, -0.25) is 0 Å². The van der Waals surface area contributed by atoms with E-state index in [4.69, 9.17) is 23.2 Å². The molecule has 1 aromatic carbocycles. The molecule has 0 aliphatic heterocycles. The third kappa shape index (κ3) is 4.11. The summed E-state index contributed by atoms with van der Waals surface area (Å²) in [5, 5.41) is 14.2. The topological polar surface area (TPSA) is 32.3 Å². The van der Waals surface area contributed by atoms with Crippen molar-refractivity contribution in [3.63, 3.8) is 0 Å². The monoisotopic (exact) mass is 315 g/mol. The van der Waals surface area contributed by atoms with Crippen LogP contribution in [0.3, 0.4) is 0 Å². The standard InChI is InChI=1S/C16H23Cl2NO/c1-11(12-6-7-15(17)16(18)8-12)19-9-13-4-2-3-5-14(13)10-20/h6-8,11,13-14,19-20H,2-5,9-10H2,1H3. The maximum absolute atomic E-state index is 9.45. The Hall–Kier alpha value is -0.280. The third-order valence-corrected chi connectivity index (χ3v) is 5.17. The van der Waals surface area contributed by atoms with Crippen LogP contribution < -0.4 is 5.32 Å². The summed E-state index contributed by atoms with van der Waals surface area (Å²) in [4.78, 5) is 0. The summed E-state index contributed by atoms with van der Waals surface area (Å²) in [5.41, 5.74) is 1.15. The quantitative estimate of drug-likeness (QED) is 0.841. The Bertz CT molecular complexity index is 438. The number of benzene rings is 1. The fourth-order valence-corrected chi connectivity index (χ4v) is 3.33. The molecule has 0 radical (unpaired) electrons. The number of aliphatic hydroxyl groups excluding tert-OH is 1. The van der Waals surface area contributed by atoms with Gasteiger partial charge in [-0.15, -0.1) is 0 Å². The van der Waals surface area contributed by atoms with Crippen LogP contribution in [0.25, 0.3) is 0 Å². The molecular weight excluding hydrogens is 293 g/mol. The van der Waals surface area contributed by atoms with Crippen molar-refractivity contribution in [1.29, 1.82) is 0 Å². The number of nitrogens with one attached hydrogen (secondary N) is 1. The number of hydrogen-bond donors (Lipinski definition) is 2.